The number of aryl methyl sites for hydroxylation is 1. The van der Waals surface area contributed by atoms with Crippen LogP contribution in [0, 0.1) is 12.7 Å². The van der Waals surface area contributed by atoms with Crippen molar-refractivity contribution in [3.8, 4) is 0 Å². The Morgan fingerprint density at radius 1 is 1.23 bits per heavy atom. The summed E-state index contributed by atoms with van der Waals surface area (Å²) in [6.45, 7) is 3.18. The summed E-state index contributed by atoms with van der Waals surface area (Å²) in [7, 11) is 0. The number of fused-ring (bicyclic) bond motifs is 1. The topological polar surface area (TPSA) is 74.4 Å². The number of amides is 2. The first-order chi connectivity index (χ1) is 14.5. The molecule has 2 aromatic carbocycles. The molecule has 6 nitrogen and oxygen atoms in total. The fourth-order valence-electron chi connectivity index (χ4n) is 3.68. The minimum Gasteiger partial charge on any atom is -0.376 e. The van der Waals surface area contributed by atoms with Crippen LogP contribution >= 0.6 is 0 Å². The second-order valence-corrected chi connectivity index (χ2v) is 7.67. The molecule has 0 aliphatic carbocycles. The van der Waals surface area contributed by atoms with E-state index in [1.807, 2.05) is 31.2 Å². The van der Waals surface area contributed by atoms with E-state index in [-0.39, 0.29) is 30.1 Å². The third kappa shape index (κ3) is 4.68. The number of carbonyl (C=O) groups excluding carboxylic acids is 1. The van der Waals surface area contributed by atoms with Crippen LogP contribution in [-0.4, -0.2) is 35.2 Å². The van der Waals surface area contributed by atoms with Crippen LogP contribution in [0.1, 0.15) is 24.0 Å². The third-order valence-corrected chi connectivity index (χ3v) is 5.27. The van der Waals surface area contributed by atoms with Crippen molar-refractivity contribution in [3.63, 3.8) is 0 Å². The highest BCUT2D eigenvalue weighted by atomic mass is 19.1. The average molecular weight is 409 g/mol. The summed E-state index contributed by atoms with van der Waals surface area (Å²) in [5.74, 6) is -0.373. The second kappa shape index (κ2) is 8.67. The number of halogens is 1. The van der Waals surface area contributed by atoms with Gasteiger partial charge in [-0.25, -0.2) is 9.18 Å². The number of anilines is 1. The molecule has 1 saturated heterocycles. The smallest absolute Gasteiger partial charge is 0.322 e. The fraction of sp³-hybridized carbons (Fsp3) is 0.304. The minimum atomic E-state index is -0.373. The van der Waals surface area contributed by atoms with Crippen LogP contribution < -0.4 is 10.9 Å². The zero-order chi connectivity index (χ0) is 21.1. The predicted octanol–water partition coefficient (Wildman–Crippen LogP) is 4.19. The van der Waals surface area contributed by atoms with E-state index in [1.54, 1.807) is 4.90 Å². The Labute approximate surface area is 173 Å². The van der Waals surface area contributed by atoms with Crippen molar-refractivity contribution in [1.82, 2.24) is 9.88 Å². The second-order valence-electron chi connectivity index (χ2n) is 7.67. The molecule has 2 N–H and O–H groups in total. The number of pyridine rings is 1. The van der Waals surface area contributed by atoms with Crippen LogP contribution in [0.5, 0.6) is 0 Å². The molecule has 0 saturated carbocycles. The number of hydrogen-bond donors (Lipinski definition) is 2. The molecule has 7 heteroatoms. The lowest BCUT2D eigenvalue weighted by atomic mass is 10.1. The van der Waals surface area contributed by atoms with E-state index in [2.05, 4.69) is 10.3 Å². The van der Waals surface area contributed by atoms with Gasteiger partial charge < -0.3 is 19.9 Å². The lowest BCUT2D eigenvalue weighted by Gasteiger charge is -2.25. The molecule has 0 unspecified atom stereocenters. The van der Waals surface area contributed by atoms with Crippen LogP contribution in [-0.2, 0) is 11.3 Å². The molecule has 30 heavy (non-hydrogen) atoms. The maximum absolute atomic E-state index is 13.2. The van der Waals surface area contributed by atoms with Gasteiger partial charge in [0.15, 0.2) is 0 Å². The molecule has 1 aromatic heterocycles. The maximum Gasteiger partial charge on any atom is 0.322 e. The van der Waals surface area contributed by atoms with Gasteiger partial charge in [-0.2, -0.15) is 0 Å². The predicted molar refractivity (Wildman–Crippen MR) is 114 cm³/mol. The third-order valence-electron chi connectivity index (χ3n) is 5.27. The van der Waals surface area contributed by atoms with E-state index in [0.29, 0.717) is 24.4 Å². The van der Waals surface area contributed by atoms with Crippen molar-refractivity contribution in [1.29, 1.82) is 0 Å². The molecule has 156 valence electrons. The number of nitrogens with one attached hydrogen (secondary N) is 2. The van der Waals surface area contributed by atoms with Gasteiger partial charge in [-0.3, -0.25) is 4.79 Å². The molecule has 2 amide bonds. The van der Waals surface area contributed by atoms with Gasteiger partial charge in [0.25, 0.3) is 5.56 Å². The highest BCUT2D eigenvalue weighted by molar-refractivity contribution is 5.89. The van der Waals surface area contributed by atoms with Crippen molar-refractivity contribution in [3.05, 3.63) is 75.8 Å². The number of benzene rings is 2. The number of ether oxygens (including phenoxy) is 1. The molecule has 0 bridgehead atoms. The standard InChI is InChI=1S/C23H24FN3O3/c1-15-4-9-21-16(11-15)12-17(22(28)26-21)13-27(14-20-3-2-10-30-20)23(29)25-19-7-5-18(24)6-8-19/h4-9,11-12,20H,2-3,10,13-14H2,1H3,(H,25,29)(H,26,28)/t20-/m1/s1. The molecule has 1 atom stereocenters. The quantitative estimate of drug-likeness (QED) is 0.664. The van der Waals surface area contributed by atoms with Gasteiger partial charge in [0.05, 0.1) is 12.6 Å². The molecule has 4 rings (SSSR count). The van der Waals surface area contributed by atoms with Crippen molar-refractivity contribution >= 4 is 22.6 Å². The summed E-state index contributed by atoms with van der Waals surface area (Å²) in [4.78, 5) is 30.1. The van der Waals surface area contributed by atoms with Gasteiger partial charge >= 0.3 is 6.03 Å². The number of carbonyl (C=O) groups is 1. The summed E-state index contributed by atoms with van der Waals surface area (Å²) in [5.41, 5.74) is 2.61. The van der Waals surface area contributed by atoms with E-state index in [0.717, 1.165) is 29.3 Å². The zero-order valence-electron chi connectivity index (χ0n) is 16.8. The first kappa shape index (κ1) is 20.1. The number of rotatable bonds is 5. The minimum absolute atomic E-state index is 0.0641. The van der Waals surface area contributed by atoms with Gasteiger partial charge in [-0.1, -0.05) is 11.6 Å². The number of H-pyrrole nitrogens is 1. The van der Waals surface area contributed by atoms with Crippen LogP contribution in [0.4, 0.5) is 14.9 Å². The molecule has 2 heterocycles. The normalized spacial score (nSPS) is 16.0. The Hall–Kier alpha value is -3.19. The van der Waals surface area contributed by atoms with Crippen molar-refractivity contribution in [2.24, 2.45) is 0 Å². The Morgan fingerprint density at radius 2 is 2.03 bits per heavy atom. The number of hydrogen-bond acceptors (Lipinski definition) is 3. The monoisotopic (exact) mass is 409 g/mol. The van der Waals surface area contributed by atoms with Crippen LogP contribution in [0.15, 0.2) is 53.3 Å². The molecule has 0 radical (unpaired) electrons. The lowest BCUT2D eigenvalue weighted by Crippen LogP contribution is -2.40. The van der Waals surface area contributed by atoms with Crippen LogP contribution in [0.25, 0.3) is 10.9 Å². The SMILES string of the molecule is Cc1ccc2[nH]c(=O)c(CN(C[C@H]3CCCO3)C(=O)Nc3ccc(F)cc3)cc2c1. The van der Waals surface area contributed by atoms with Gasteiger partial charge in [-0.15, -0.1) is 0 Å². The molecule has 0 spiro atoms. The molecule has 1 aliphatic rings. The van der Waals surface area contributed by atoms with Crippen molar-refractivity contribution in [2.75, 3.05) is 18.5 Å². The van der Waals surface area contributed by atoms with Gasteiger partial charge in [-0.05, 0) is 67.6 Å². The van der Waals surface area contributed by atoms with E-state index in [4.69, 9.17) is 4.74 Å². The Bertz CT molecular complexity index is 1100. The summed E-state index contributed by atoms with van der Waals surface area (Å²) in [6.07, 6.45) is 1.76. The molecule has 3 aromatic rings. The number of nitrogens with zero attached hydrogens (tertiary/aromatic N) is 1. The van der Waals surface area contributed by atoms with E-state index in [1.165, 1.54) is 24.3 Å². The van der Waals surface area contributed by atoms with Crippen LogP contribution in [0.3, 0.4) is 0 Å². The Morgan fingerprint density at radius 3 is 2.77 bits per heavy atom. The first-order valence-electron chi connectivity index (χ1n) is 10.0. The summed E-state index contributed by atoms with van der Waals surface area (Å²) >= 11 is 0. The average Bonchev–Trinajstić information content (AvgIpc) is 3.23. The highest BCUT2D eigenvalue weighted by Gasteiger charge is 2.24. The van der Waals surface area contributed by atoms with E-state index < -0.39 is 0 Å². The zero-order valence-corrected chi connectivity index (χ0v) is 16.8. The van der Waals surface area contributed by atoms with Crippen molar-refractivity contribution < 1.29 is 13.9 Å². The maximum atomic E-state index is 13.2. The summed E-state index contributed by atoms with van der Waals surface area (Å²) in [6, 6.07) is 12.9. The Balaban J connectivity index is 1.59. The van der Waals surface area contributed by atoms with Crippen molar-refractivity contribution in [2.45, 2.75) is 32.4 Å². The summed E-state index contributed by atoms with van der Waals surface area (Å²) < 4.78 is 18.9. The van der Waals surface area contributed by atoms with Crippen LogP contribution in [0.2, 0.25) is 0 Å². The van der Waals surface area contributed by atoms with Gasteiger partial charge in [0, 0.05) is 29.9 Å². The number of urea groups is 1. The first-order valence-corrected chi connectivity index (χ1v) is 10.0. The van der Waals surface area contributed by atoms with E-state index in [9.17, 15) is 14.0 Å². The molecule has 1 aliphatic heterocycles. The molecule has 1 fully saturated rings. The highest BCUT2D eigenvalue weighted by Crippen LogP contribution is 2.18. The van der Waals surface area contributed by atoms with Gasteiger partial charge in [0.1, 0.15) is 5.82 Å². The largest absolute Gasteiger partial charge is 0.376 e. The van der Waals surface area contributed by atoms with Gasteiger partial charge in [0.2, 0.25) is 0 Å². The molecular formula is C23H24FN3O3. The molecular weight excluding hydrogens is 385 g/mol. The van der Waals surface area contributed by atoms with E-state index >= 15 is 0 Å². The fourth-order valence-corrected chi connectivity index (χ4v) is 3.68. The lowest BCUT2D eigenvalue weighted by molar-refractivity contribution is 0.0818. The summed E-state index contributed by atoms with van der Waals surface area (Å²) in [5, 5.41) is 3.70. The Kier molecular flexibility index (Phi) is 5.81. The number of aromatic nitrogens is 1. The number of aromatic amines is 1.